The minimum Gasteiger partial charge on any atom is -0.480 e. The molecule has 2 N–H and O–H groups in total. The van der Waals surface area contributed by atoms with Crippen LogP contribution in [-0.2, 0) is 15.1 Å². The molecule has 39 heavy (non-hydrogen) atoms. The lowest BCUT2D eigenvalue weighted by Gasteiger charge is -2.40. The Hall–Kier alpha value is -4.20. The van der Waals surface area contributed by atoms with Crippen LogP contribution in [0.4, 0.5) is 9.18 Å². The number of nitrogens with one attached hydrogen (secondary N) is 2. The fraction of sp³-hybridized carbons (Fsp3) is 0.323. The number of benzene rings is 3. The molecule has 2 fully saturated rings. The van der Waals surface area contributed by atoms with Gasteiger partial charge in [0.25, 0.3) is 11.8 Å². The van der Waals surface area contributed by atoms with E-state index in [4.69, 9.17) is 4.74 Å². The zero-order valence-corrected chi connectivity index (χ0v) is 21.4. The highest BCUT2D eigenvalue weighted by Crippen LogP contribution is 2.42. The average molecular weight is 528 g/mol. The molecule has 4 amide bonds. The van der Waals surface area contributed by atoms with Gasteiger partial charge >= 0.3 is 6.03 Å². The highest BCUT2D eigenvalue weighted by molar-refractivity contribution is 6.08. The van der Waals surface area contributed by atoms with Gasteiger partial charge in [0.05, 0.1) is 0 Å². The third-order valence-electron chi connectivity index (χ3n) is 8.28. The van der Waals surface area contributed by atoms with Gasteiger partial charge in [0, 0.05) is 31.0 Å². The normalized spacial score (nSPS) is 22.8. The molecular formula is C31H30FN3O4. The van der Waals surface area contributed by atoms with Gasteiger partial charge in [-0.25, -0.2) is 9.18 Å². The zero-order valence-electron chi connectivity index (χ0n) is 21.4. The van der Waals surface area contributed by atoms with Crippen LogP contribution in [-0.4, -0.2) is 41.9 Å². The van der Waals surface area contributed by atoms with Gasteiger partial charge in [-0.1, -0.05) is 60.7 Å². The Kier molecular flexibility index (Phi) is 6.54. The summed E-state index contributed by atoms with van der Waals surface area (Å²) < 4.78 is 20.1. The molecule has 1 spiro atoms. The van der Waals surface area contributed by atoms with Crippen molar-refractivity contribution in [3.05, 3.63) is 101 Å². The van der Waals surface area contributed by atoms with Gasteiger partial charge in [0.1, 0.15) is 11.6 Å². The molecule has 0 aromatic heterocycles. The Balaban J connectivity index is 1.16. The summed E-state index contributed by atoms with van der Waals surface area (Å²) in [6, 6.07) is 24.2. The first-order valence-electron chi connectivity index (χ1n) is 13.4. The van der Waals surface area contributed by atoms with Gasteiger partial charge < -0.3 is 15.0 Å². The number of halogens is 1. The molecular weight excluding hydrogens is 497 g/mol. The van der Waals surface area contributed by atoms with Crippen LogP contribution in [0.2, 0.25) is 0 Å². The van der Waals surface area contributed by atoms with Gasteiger partial charge in [0.2, 0.25) is 0 Å². The predicted molar refractivity (Wildman–Crippen MR) is 142 cm³/mol. The quantitative estimate of drug-likeness (QED) is 0.480. The first-order valence-corrected chi connectivity index (χ1v) is 13.4. The molecule has 0 saturated carbocycles. The van der Waals surface area contributed by atoms with Crippen LogP contribution < -0.4 is 15.4 Å². The van der Waals surface area contributed by atoms with Gasteiger partial charge in [-0.2, -0.15) is 0 Å². The number of imide groups is 1. The van der Waals surface area contributed by atoms with Crippen LogP contribution in [0.25, 0.3) is 0 Å². The van der Waals surface area contributed by atoms with E-state index in [-0.39, 0.29) is 29.6 Å². The van der Waals surface area contributed by atoms with Crippen LogP contribution in [0.15, 0.2) is 78.9 Å². The molecule has 7 nitrogen and oxygen atoms in total. The Morgan fingerprint density at radius 1 is 0.974 bits per heavy atom. The number of likely N-dealkylation sites (tertiary alicyclic amines) is 1. The van der Waals surface area contributed by atoms with Crippen molar-refractivity contribution in [2.45, 2.75) is 43.2 Å². The molecule has 3 aliphatic heterocycles. The smallest absolute Gasteiger partial charge is 0.322 e. The standard InChI is InChI=1S/C31H30FN3O4/c32-23-11-12-26-25(18-23)31(29(37)33-30(38)34-31)19-27(39-26)28(36)35-15-13-20(14-16-35)17-24(21-7-3-1-4-8-21)22-9-5-2-6-10-22/h1-12,18,20,24,27H,13-17,19H2,(H2,33,34,37,38). The number of ether oxygens (including phenoxy) is 1. The first-order chi connectivity index (χ1) is 18.9. The number of urea groups is 1. The van der Waals surface area contributed by atoms with Gasteiger partial charge in [-0.05, 0) is 54.5 Å². The number of amides is 4. The molecule has 3 aromatic carbocycles. The molecule has 8 heteroatoms. The van der Waals surface area contributed by atoms with Gasteiger partial charge in [-0.3, -0.25) is 14.9 Å². The monoisotopic (exact) mass is 527 g/mol. The largest absolute Gasteiger partial charge is 0.480 e. The molecule has 3 heterocycles. The van der Waals surface area contributed by atoms with E-state index in [0.29, 0.717) is 19.0 Å². The number of rotatable bonds is 5. The summed E-state index contributed by atoms with van der Waals surface area (Å²) in [5.41, 5.74) is 1.26. The van der Waals surface area contributed by atoms with Gasteiger partial charge in [-0.15, -0.1) is 0 Å². The molecule has 2 unspecified atom stereocenters. The minimum absolute atomic E-state index is 0.0934. The predicted octanol–water partition coefficient (Wildman–Crippen LogP) is 4.47. The summed E-state index contributed by atoms with van der Waals surface area (Å²) in [5, 5.41) is 4.87. The van der Waals surface area contributed by atoms with Gasteiger partial charge in [0.15, 0.2) is 11.6 Å². The van der Waals surface area contributed by atoms with E-state index in [1.165, 1.54) is 29.3 Å². The number of hydrogen-bond acceptors (Lipinski definition) is 4. The summed E-state index contributed by atoms with van der Waals surface area (Å²) in [5.74, 6) is -0.431. The number of piperidine rings is 1. The molecule has 3 aromatic rings. The first kappa shape index (κ1) is 25.1. The van der Waals surface area contributed by atoms with E-state index >= 15 is 0 Å². The maximum atomic E-state index is 14.1. The molecule has 6 rings (SSSR count). The minimum atomic E-state index is -1.54. The van der Waals surface area contributed by atoms with Crippen molar-refractivity contribution in [3.63, 3.8) is 0 Å². The van der Waals surface area contributed by atoms with Crippen LogP contribution in [0.3, 0.4) is 0 Å². The molecule has 200 valence electrons. The number of nitrogens with zero attached hydrogens (tertiary/aromatic N) is 1. The van der Waals surface area contributed by atoms with Crippen LogP contribution in [0, 0.1) is 11.7 Å². The third kappa shape index (κ3) is 4.75. The summed E-state index contributed by atoms with van der Waals surface area (Å²) in [7, 11) is 0. The second-order valence-electron chi connectivity index (χ2n) is 10.6. The second kappa shape index (κ2) is 10.2. The Morgan fingerprint density at radius 3 is 2.21 bits per heavy atom. The summed E-state index contributed by atoms with van der Waals surface area (Å²) >= 11 is 0. The average Bonchev–Trinajstić information content (AvgIpc) is 3.25. The maximum absolute atomic E-state index is 14.1. The van der Waals surface area contributed by atoms with Crippen molar-refractivity contribution < 1.29 is 23.5 Å². The Morgan fingerprint density at radius 2 is 1.62 bits per heavy atom. The van der Waals surface area contributed by atoms with E-state index < -0.39 is 29.4 Å². The van der Waals surface area contributed by atoms with Crippen molar-refractivity contribution >= 4 is 17.8 Å². The molecule has 3 aliphatic rings. The van der Waals surface area contributed by atoms with Crippen LogP contribution in [0.5, 0.6) is 5.75 Å². The number of hydrogen-bond donors (Lipinski definition) is 2. The van der Waals surface area contributed by atoms with E-state index in [9.17, 15) is 18.8 Å². The van der Waals surface area contributed by atoms with Crippen molar-refractivity contribution in [2.24, 2.45) is 5.92 Å². The highest BCUT2D eigenvalue weighted by Gasteiger charge is 2.55. The second-order valence-corrected chi connectivity index (χ2v) is 10.6. The fourth-order valence-corrected chi connectivity index (χ4v) is 6.25. The summed E-state index contributed by atoms with van der Waals surface area (Å²) in [6.07, 6.45) is 1.65. The van der Waals surface area contributed by atoms with Crippen molar-refractivity contribution in [1.29, 1.82) is 0 Å². The lowest BCUT2D eigenvalue weighted by molar-refractivity contribution is -0.143. The fourth-order valence-electron chi connectivity index (χ4n) is 6.25. The van der Waals surface area contributed by atoms with Crippen molar-refractivity contribution in [2.75, 3.05) is 13.1 Å². The van der Waals surface area contributed by atoms with Crippen molar-refractivity contribution in [3.8, 4) is 5.75 Å². The highest BCUT2D eigenvalue weighted by atomic mass is 19.1. The maximum Gasteiger partial charge on any atom is 0.322 e. The topological polar surface area (TPSA) is 87.7 Å². The third-order valence-corrected chi connectivity index (χ3v) is 8.28. The van der Waals surface area contributed by atoms with E-state index in [1.807, 2.05) is 12.1 Å². The molecule has 0 radical (unpaired) electrons. The number of carbonyl (C=O) groups is 3. The summed E-state index contributed by atoms with van der Waals surface area (Å²) in [6.45, 7) is 1.17. The molecule has 0 aliphatic carbocycles. The molecule has 0 bridgehead atoms. The molecule has 2 atom stereocenters. The molecule has 2 saturated heterocycles. The number of carbonyl (C=O) groups excluding carboxylic acids is 3. The Bertz CT molecular complexity index is 1350. The van der Waals surface area contributed by atoms with Crippen molar-refractivity contribution in [1.82, 2.24) is 15.5 Å². The zero-order chi connectivity index (χ0) is 27.0. The van der Waals surface area contributed by atoms with E-state index in [1.54, 1.807) is 4.90 Å². The SMILES string of the molecule is O=C1NC(=O)C2(CC(C(=O)N3CCC(CC(c4ccccc4)c4ccccc4)CC3)Oc3ccc(F)cc32)N1. The number of fused-ring (bicyclic) bond motifs is 2. The van der Waals surface area contributed by atoms with E-state index in [0.717, 1.165) is 19.3 Å². The van der Waals surface area contributed by atoms with Crippen LogP contribution in [0.1, 0.15) is 48.3 Å². The lowest BCUT2D eigenvalue weighted by atomic mass is 9.79. The van der Waals surface area contributed by atoms with E-state index in [2.05, 4.69) is 59.2 Å². The Labute approximate surface area is 226 Å². The van der Waals surface area contributed by atoms with Crippen LogP contribution >= 0.6 is 0 Å². The lowest BCUT2D eigenvalue weighted by Crippen LogP contribution is -2.55. The summed E-state index contributed by atoms with van der Waals surface area (Å²) in [4.78, 5) is 40.3.